The van der Waals surface area contributed by atoms with Crippen molar-refractivity contribution in [2.75, 3.05) is 6.54 Å². The smallest absolute Gasteiger partial charge is 0.271 e. The largest absolute Gasteiger partial charge is 0.469 e. The molecular weight excluding hydrogens is 430 g/mol. The molecule has 3 aromatic rings. The van der Waals surface area contributed by atoms with Gasteiger partial charge in [-0.15, -0.1) is 0 Å². The number of nitrogens with zero attached hydrogens (tertiary/aromatic N) is 2. The zero-order valence-electron chi connectivity index (χ0n) is 19.8. The van der Waals surface area contributed by atoms with Crippen molar-refractivity contribution in [1.82, 2.24) is 14.8 Å². The van der Waals surface area contributed by atoms with Crippen LogP contribution in [0.4, 0.5) is 0 Å². The fourth-order valence-corrected chi connectivity index (χ4v) is 5.38. The molecule has 34 heavy (non-hydrogen) atoms. The monoisotopic (exact) mass is 463 g/mol. The number of rotatable bonds is 6. The average Bonchev–Trinajstić information content (AvgIpc) is 3.57. The third kappa shape index (κ3) is 4.31. The van der Waals surface area contributed by atoms with Gasteiger partial charge < -0.3 is 23.6 Å². The van der Waals surface area contributed by atoms with Crippen molar-refractivity contribution in [3.05, 3.63) is 60.4 Å². The molecule has 0 bridgehead atoms. The maximum absolute atomic E-state index is 13.9. The van der Waals surface area contributed by atoms with Crippen LogP contribution in [0.15, 0.2) is 57.8 Å². The minimum Gasteiger partial charge on any atom is -0.469 e. The zero-order chi connectivity index (χ0) is 23.5. The summed E-state index contributed by atoms with van der Waals surface area (Å²) >= 11 is 0. The number of amides is 2. The summed E-state index contributed by atoms with van der Waals surface area (Å²) < 4.78 is 13.1. The van der Waals surface area contributed by atoms with Crippen LogP contribution >= 0.6 is 0 Å². The van der Waals surface area contributed by atoms with E-state index in [1.54, 1.807) is 17.4 Å². The molecule has 1 aliphatic heterocycles. The number of hydrogen-bond donors (Lipinski definition) is 1. The highest BCUT2D eigenvalue weighted by Crippen LogP contribution is 2.34. The van der Waals surface area contributed by atoms with Crippen molar-refractivity contribution in [1.29, 1.82) is 0 Å². The standard InChI is InChI=1S/C27H33N3O4/c1-27(26(32)28-20-9-5-3-2-4-6-10-20)19-29-22(24-12-8-18-34-24)13-14-23(29)25(31)30(27)16-15-21-11-7-17-33-21/h7-8,11-14,17-18,20H,2-6,9-10,15-16,19H2,1H3,(H,28,32)/t27-/m1/s1. The first-order valence-corrected chi connectivity index (χ1v) is 12.4. The van der Waals surface area contributed by atoms with E-state index < -0.39 is 5.54 Å². The van der Waals surface area contributed by atoms with Crippen molar-refractivity contribution >= 4 is 11.8 Å². The molecule has 0 spiro atoms. The van der Waals surface area contributed by atoms with E-state index in [9.17, 15) is 9.59 Å². The van der Waals surface area contributed by atoms with E-state index in [1.807, 2.05) is 47.9 Å². The Labute approximate surface area is 200 Å². The Kier molecular flexibility index (Phi) is 6.35. The second-order valence-corrected chi connectivity index (χ2v) is 9.74. The lowest BCUT2D eigenvalue weighted by molar-refractivity contribution is -0.133. The van der Waals surface area contributed by atoms with Crippen molar-refractivity contribution in [3.8, 4) is 11.5 Å². The average molecular weight is 464 g/mol. The summed E-state index contributed by atoms with van der Waals surface area (Å²) in [6, 6.07) is 11.3. The van der Waals surface area contributed by atoms with Crippen molar-refractivity contribution in [2.45, 2.75) is 76.4 Å². The van der Waals surface area contributed by atoms with E-state index in [4.69, 9.17) is 8.83 Å². The van der Waals surface area contributed by atoms with Crippen molar-refractivity contribution < 1.29 is 18.4 Å². The van der Waals surface area contributed by atoms with Gasteiger partial charge >= 0.3 is 0 Å². The van der Waals surface area contributed by atoms with Gasteiger partial charge in [0.1, 0.15) is 22.8 Å². The molecule has 1 atom stereocenters. The number of nitrogens with one attached hydrogen (secondary N) is 1. The molecule has 1 N–H and O–H groups in total. The number of aromatic nitrogens is 1. The number of furan rings is 2. The van der Waals surface area contributed by atoms with Gasteiger partial charge in [0, 0.05) is 19.0 Å². The topological polar surface area (TPSA) is 80.6 Å². The van der Waals surface area contributed by atoms with Crippen molar-refractivity contribution in [2.24, 2.45) is 0 Å². The summed E-state index contributed by atoms with van der Waals surface area (Å²) in [6.45, 7) is 2.66. The summed E-state index contributed by atoms with van der Waals surface area (Å²) in [6.07, 6.45) is 11.8. The van der Waals surface area contributed by atoms with Gasteiger partial charge in [-0.05, 0) is 56.2 Å². The lowest BCUT2D eigenvalue weighted by Crippen LogP contribution is -2.65. The van der Waals surface area contributed by atoms with Gasteiger partial charge in [-0.1, -0.05) is 32.1 Å². The molecule has 5 rings (SSSR count). The molecule has 0 radical (unpaired) electrons. The number of fused-ring (bicyclic) bond motifs is 1. The van der Waals surface area contributed by atoms with Gasteiger partial charge in [0.25, 0.3) is 5.91 Å². The molecule has 1 aliphatic carbocycles. The normalized spacial score (nSPS) is 21.7. The lowest BCUT2D eigenvalue weighted by atomic mass is 9.91. The van der Waals surface area contributed by atoms with Crippen LogP contribution in [0.2, 0.25) is 0 Å². The Morgan fingerprint density at radius 1 is 1.00 bits per heavy atom. The molecule has 0 saturated heterocycles. The summed E-state index contributed by atoms with van der Waals surface area (Å²) in [7, 11) is 0. The first-order valence-electron chi connectivity index (χ1n) is 12.4. The second-order valence-electron chi connectivity index (χ2n) is 9.74. The van der Waals surface area contributed by atoms with Crippen LogP contribution in [-0.2, 0) is 17.8 Å². The van der Waals surface area contributed by atoms with Crippen LogP contribution in [0.1, 0.15) is 68.1 Å². The molecule has 1 fully saturated rings. The molecule has 2 amide bonds. The predicted octanol–water partition coefficient (Wildman–Crippen LogP) is 5.03. The first-order chi connectivity index (χ1) is 16.6. The van der Waals surface area contributed by atoms with Crippen LogP contribution in [-0.4, -0.2) is 39.4 Å². The van der Waals surface area contributed by atoms with Gasteiger partial charge in [-0.3, -0.25) is 9.59 Å². The molecule has 180 valence electrons. The van der Waals surface area contributed by atoms with Gasteiger partial charge in [0.15, 0.2) is 0 Å². The molecule has 1 saturated carbocycles. The van der Waals surface area contributed by atoms with Crippen molar-refractivity contribution in [3.63, 3.8) is 0 Å². The van der Waals surface area contributed by atoms with E-state index in [0.717, 1.165) is 37.1 Å². The molecule has 3 aromatic heterocycles. The SMILES string of the molecule is C[C@]1(C(=O)NC2CCCCCCC2)Cn2c(ccc2-c2ccco2)C(=O)N1CCc1ccco1. The minimum absolute atomic E-state index is 0.0874. The molecule has 0 aromatic carbocycles. The molecule has 4 heterocycles. The van der Waals surface area contributed by atoms with Crippen LogP contribution in [0, 0.1) is 0 Å². The fraction of sp³-hybridized carbons (Fsp3) is 0.481. The second kappa shape index (κ2) is 9.57. The molecule has 7 heteroatoms. The van der Waals surface area contributed by atoms with E-state index >= 15 is 0 Å². The van der Waals surface area contributed by atoms with Crippen LogP contribution in [0.25, 0.3) is 11.5 Å². The highest BCUT2D eigenvalue weighted by Gasteiger charge is 2.48. The Morgan fingerprint density at radius 3 is 2.41 bits per heavy atom. The van der Waals surface area contributed by atoms with E-state index in [-0.39, 0.29) is 17.9 Å². The van der Waals surface area contributed by atoms with E-state index in [0.29, 0.717) is 31.0 Å². The third-order valence-electron chi connectivity index (χ3n) is 7.37. The molecule has 7 nitrogen and oxygen atoms in total. The van der Waals surface area contributed by atoms with Gasteiger partial charge in [0.2, 0.25) is 5.91 Å². The summed E-state index contributed by atoms with van der Waals surface area (Å²) in [4.78, 5) is 29.3. The maximum Gasteiger partial charge on any atom is 0.271 e. The van der Waals surface area contributed by atoms with E-state index in [2.05, 4.69) is 5.32 Å². The predicted molar refractivity (Wildman–Crippen MR) is 128 cm³/mol. The summed E-state index contributed by atoms with van der Waals surface area (Å²) in [5.41, 5.74) is 0.352. The van der Waals surface area contributed by atoms with Crippen LogP contribution < -0.4 is 5.32 Å². The summed E-state index contributed by atoms with van der Waals surface area (Å²) in [5.74, 6) is 1.25. The fourth-order valence-electron chi connectivity index (χ4n) is 5.38. The van der Waals surface area contributed by atoms with Crippen LogP contribution in [0.3, 0.4) is 0 Å². The molecular formula is C27H33N3O4. The highest BCUT2D eigenvalue weighted by molar-refractivity contribution is 6.00. The minimum atomic E-state index is -1.03. The summed E-state index contributed by atoms with van der Waals surface area (Å²) in [5, 5.41) is 3.32. The van der Waals surface area contributed by atoms with Crippen LogP contribution in [0.5, 0.6) is 0 Å². The maximum atomic E-state index is 13.9. The quantitative estimate of drug-likeness (QED) is 0.556. The Morgan fingerprint density at radius 2 is 1.71 bits per heavy atom. The first kappa shape index (κ1) is 22.6. The Balaban J connectivity index is 1.45. The van der Waals surface area contributed by atoms with Gasteiger partial charge in [-0.25, -0.2) is 0 Å². The lowest BCUT2D eigenvalue weighted by Gasteiger charge is -2.45. The Bertz CT molecular complexity index is 1110. The number of carbonyl (C=O) groups is 2. The molecule has 0 unspecified atom stereocenters. The number of carbonyl (C=O) groups excluding carboxylic acids is 2. The third-order valence-corrected chi connectivity index (χ3v) is 7.37. The molecule has 2 aliphatic rings. The Hall–Kier alpha value is -3.22. The van der Waals surface area contributed by atoms with Gasteiger partial charge in [-0.2, -0.15) is 0 Å². The number of hydrogen-bond acceptors (Lipinski definition) is 4. The van der Waals surface area contributed by atoms with Gasteiger partial charge in [0.05, 0.1) is 24.8 Å². The zero-order valence-corrected chi connectivity index (χ0v) is 19.8. The highest BCUT2D eigenvalue weighted by atomic mass is 16.3. The van der Waals surface area contributed by atoms with E-state index in [1.165, 1.54) is 19.3 Å².